The van der Waals surface area contributed by atoms with Gasteiger partial charge in [0, 0.05) is 25.6 Å². The Morgan fingerprint density at radius 3 is 2.38 bits per heavy atom. The monoisotopic (exact) mass is 220 g/mol. The largest absolute Gasteiger partial charge is 0.356 e. The topological polar surface area (TPSA) is 58.2 Å². The van der Waals surface area contributed by atoms with E-state index in [1.807, 2.05) is 30.3 Å². The van der Waals surface area contributed by atoms with Gasteiger partial charge < -0.3 is 10.6 Å². The summed E-state index contributed by atoms with van der Waals surface area (Å²) in [5, 5.41) is 5.35. The second-order valence-electron chi connectivity index (χ2n) is 3.50. The average molecular weight is 220 g/mol. The minimum atomic E-state index is -0.0359. The first kappa shape index (κ1) is 12.2. The summed E-state index contributed by atoms with van der Waals surface area (Å²) >= 11 is 0. The Hall–Kier alpha value is -1.84. The standard InChI is InChI=1S/C8H9NO.C4H7NO/c1-7(10)9-8-5-3-2-4-6-8;6-4-2-1-3-5-4/h2-6H,1H3,(H,9,10);1-3H2,(H,5,6). The van der Waals surface area contributed by atoms with E-state index in [1.165, 1.54) is 6.92 Å². The maximum atomic E-state index is 10.5. The van der Waals surface area contributed by atoms with Crippen molar-refractivity contribution in [2.75, 3.05) is 11.9 Å². The lowest BCUT2D eigenvalue weighted by molar-refractivity contribution is -0.119. The molecule has 1 saturated heterocycles. The van der Waals surface area contributed by atoms with E-state index in [9.17, 15) is 9.59 Å². The predicted molar refractivity (Wildman–Crippen MR) is 63.0 cm³/mol. The summed E-state index contributed by atoms with van der Waals surface area (Å²) in [6.45, 7) is 2.38. The molecule has 0 unspecified atom stereocenters. The van der Waals surface area contributed by atoms with Gasteiger partial charge in [0.1, 0.15) is 0 Å². The van der Waals surface area contributed by atoms with E-state index in [1.54, 1.807) is 0 Å². The van der Waals surface area contributed by atoms with Gasteiger partial charge in [-0.25, -0.2) is 0 Å². The summed E-state index contributed by atoms with van der Waals surface area (Å²) in [5.74, 6) is 0.168. The van der Waals surface area contributed by atoms with Gasteiger partial charge in [0.05, 0.1) is 0 Å². The van der Waals surface area contributed by atoms with Crippen molar-refractivity contribution >= 4 is 17.5 Å². The summed E-state index contributed by atoms with van der Waals surface area (Å²) in [6.07, 6.45) is 1.76. The Morgan fingerprint density at radius 2 is 2.00 bits per heavy atom. The van der Waals surface area contributed by atoms with Gasteiger partial charge in [-0.2, -0.15) is 0 Å². The number of amides is 2. The fourth-order valence-electron chi connectivity index (χ4n) is 1.29. The van der Waals surface area contributed by atoms with Crippen molar-refractivity contribution in [2.45, 2.75) is 19.8 Å². The van der Waals surface area contributed by atoms with Crippen LogP contribution in [0, 0.1) is 0 Å². The van der Waals surface area contributed by atoms with Crippen molar-refractivity contribution in [3.63, 3.8) is 0 Å². The van der Waals surface area contributed by atoms with Crippen LogP contribution in [0.2, 0.25) is 0 Å². The molecule has 1 aliphatic heterocycles. The molecule has 0 radical (unpaired) electrons. The van der Waals surface area contributed by atoms with Crippen molar-refractivity contribution in [3.8, 4) is 0 Å². The van der Waals surface area contributed by atoms with Crippen LogP contribution in [0.4, 0.5) is 5.69 Å². The smallest absolute Gasteiger partial charge is 0.221 e. The average Bonchev–Trinajstić information content (AvgIpc) is 2.71. The molecule has 0 spiro atoms. The van der Waals surface area contributed by atoms with Crippen molar-refractivity contribution in [2.24, 2.45) is 0 Å². The molecule has 4 heteroatoms. The van der Waals surface area contributed by atoms with Crippen molar-refractivity contribution < 1.29 is 9.59 Å². The lowest BCUT2D eigenvalue weighted by atomic mass is 10.3. The highest BCUT2D eigenvalue weighted by molar-refractivity contribution is 5.88. The van der Waals surface area contributed by atoms with Gasteiger partial charge >= 0.3 is 0 Å². The summed E-state index contributed by atoms with van der Waals surface area (Å²) in [4.78, 5) is 20.6. The molecule has 16 heavy (non-hydrogen) atoms. The molecule has 2 N–H and O–H groups in total. The summed E-state index contributed by atoms with van der Waals surface area (Å²) in [7, 11) is 0. The van der Waals surface area contributed by atoms with Crippen LogP contribution >= 0.6 is 0 Å². The highest BCUT2D eigenvalue weighted by atomic mass is 16.2. The number of para-hydroxylation sites is 1. The van der Waals surface area contributed by atoms with Gasteiger partial charge in [-0.05, 0) is 18.6 Å². The molecule has 2 amide bonds. The summed E-state index contributed by atoms with van der Waals surface area (Å²) in [5.41, 5.74) is 0.843. The first-order valence-electron chi connectivity index (χ1n) is 5.28. The van der Waals surface area contributed by atoms with Crippen LogP contribution < -0.4 is 10.6 Å². The molecule has 1 aliphatic rings. The Morgan fingerprint density at radius 1 is 1.31 bits per heavy atom. The van der Waals surface area contributed by atoms with E-state index in [0.717, 1.165) is 25.1 Å². The van der Waals surface area contributed by atoms with Gasteiger partial charge in [-0.1, -0.05) is 18.2 Å². The maximum Gasteiger partial charge on any atom is 0.221 e. The van der Waals surface area contributed by atoms with Crippen molar-refractivity contribution in [1.29, 1.82) is 0 Å². The maximum absolute atomic E-state index is 10.5. The third kappa shape index (κ3) is 5.14. The van der Waals surface area contributed by atoms with Gasteiger partial charge in [-0.3, -0.25) is 9.59 Å². The minimum Gasteiger partial charge on any atom is -0.356 e. The highest BCUT2D eigenvalue weighted by Gasteiger charge is 2.05. The lowest BCUT2D eigenvalue weighted by Gasteiger charge is -1.98. The number of carbonyl (C=O) groups is 2. The minimum absolute atomic E-state index is 0.0359. The quantitative estimate of drug-likeness (QED) is 0.754. The third-order valence-electron chi connectivity index (χ3n) is 2.00. The Balaban J connectivity index is 0.000000181. The second-order valence-corrected chi connectivity index (χ2v) is 3.50. The first-order chi connectivity index (χ1) is 7.68. The highest BCUT2D eigenvalue weighted by Crippen LogP contribution is 2.03. The van der Waals surface area contributed by atoms with E-state index in [0.29, 0.717) is 0 Å². The molecular weight excluding hydrogens is 204 g/mol. The molecule has 2 rings (SSSR count). The zero-order chi connectivity index (χ0) is 11.8. The number of hydrogen-bond donors (Lipinski definition) is 2. The molecule has 1 fully saturated rings. The number of benzene rings is 1. The molecule has 1 heterocycles. The van der Waals surface area contributed by atoms with E-state index >= 15 is 0 Å². The van der Waals surface area contributed by atoms with Gasteiger partial charge in [-0.15, -0.1) is 0 Å². The number of carbonyl (C=O) groups excluding carboxylic acids is 2. The molecule has 1 aromatic carbocycles. The van der Waals surface area contributed by atoms with Crippen LogP contribution in [-0.4, -0.2) is 18.4 Å². The summed E-state index contributed by atoms with van der Waals surface area (Å²) in [6, 6.07) is 9.37. The molecule has 0 bridgehead atoms. The molecule has 0 atom stereocenters. The van der Waals surface area contributed by atoms with Crippen LogP contribution in [0.5, 0.6) is 0 Å². The van der Waals surface area contributed by atoms with Crippen LogP contribution in [0.25, 0.3) is 0 Å². The molecule has 0 aromatic heterocycles. The van der Waals surface area contributed by atoms with E-state index in [2.05, 4.69) is 10.6 Å². The zero-order valence-corrected chi connectivity index (χ0v) is 9.32. The van der Waals surface area contributed by atoms with Crippen LogP contribution in [-0.2, 0) is 9.59 Å². The van der Waals surface area contributed by atoms with Crippen molar-refractivity contribution in [1.82, 2.24) is 5.32 Å². The van der Waals surface area contributed by atoms with Crippen molar-refractivity contribution in [3.05, 3.63) is 30.3 Å². The number of nitrogens with one attached hydrogen (secondary N) is 2. The Bertz CT molecular complexity index is 341. The van der Waals surface area contributed by atoms with Crippen LogP contribution in [0.15, 0.2) is 30.3 Å². The lowest BCUT2D eigenvalue weighted by Crippen LogP contribution is -2.12. The van der Waals surface area contributed by atoms with Gasteiger partial charge in [0.2, 0.25) is 11.8 Å². The molecule has 0 aliphatic carbocycles. The zero-order valence-electron chi connectivity index (χ0n) is 9.32. The fourth-order valence-corrected chi connectivity index (χ4v) is 1.29. The normalized spacial score (nSPS) is 13.4. The molecular formula is C12H16N2O2. The van der Waals surface area contributed by atoms with Crippen LogP contribution in [0.3, 0.4) is 0 Å². The predicted octanol–water partition coefficient (Wildman–Crippen LogP) is 1.54. The molecule has 86 valence electrons. The number of hydrogen-bond acceptors (Lipinski definition) is 2. The number of rotatable bonds is 1. The second kappa shape index (κ2) is 6.61. The molecule has 1 aromatic rings. The fraction of sp³-hybridized carbons (Fsp3) is 0.333. The Labute approximate surface area is 95.0 Å². The van der Waals surface area contributed by atoms with Gasteiger partial charge in [0.25, 0.3) is 0 Å². The number of anilines is 1. The van der Waals surface area contributed by atoms with Gasteiger partial charge in [0.15, 0.2) is 0 Å². The summed E-state index contributed by atoms with van der Waals surface area (Å²) < 4.78 is 0. The van der Waals surface area contributed by atoms with E-state index in [4.69, 9.17) is 0 Å². The Kier molecular flexibility index (Phi) is 5.05. The van der Waals surface area contributed by atoms with E-state index < -0.39 is 0 Å². The molecule has 4 nitrogen and oxygen atoms in total. The molecule has 0 saturated carbocycles. The van der Waals surface area contributed by atoms with Crippen LogP contribution in [0.1, 0.15) is 19.8 Å². The SMILES string of the molecule is CC(=O)Nc1ccccc1.O=C1CCCN1. The first-order valence-corrected chi connectivity index (χ1v) is 5.28. The third-order valence-corrected chi connectivity index (χ3v) is 2.00. The van der Waals surface area contributed by atoms with E-state index in [-0.39, 0.29) is 11.8 Å².